The zero-order valence-corrected chi connectivity index (χ0v) is 35.1. The number of alkyl carbamates (subject to hydrolysis) is 1. The minimum Gasteiger partial charge on any atom is -0.481 e. The van der Waals surface area contributed by atoms with E-state index >= 15 is 0 Å². The van der Waals surface area contributed by atoms with Gasteiger partial charge in [-0.05, 0) is 81.6 Å². The van der Waals surface area contributed by atoms with Crippen molar-refractivity contribution in [2.75, 3.05) is 11.9 Å². The standard InChI is InChI=1S/C42H51ClN8O8S/c1-42(2,3)59-41(58)51-33(22-26-24-46-29-17-9-7-15-27(26)29)38(56)47-31(19-11-12-20-45-40(60)50-30-18-10-8-16-28(30)43)37(55)49-34(23-35(52)53)39(57)48-32(36(44)54)21-25-13-5-4-6-14-25/h4-10,13-18,24,31-34,46H,11-12,19-23H2,1-3H3,(H2,44,54)(H,47,56)(H,48,57)(H,49,55)(H,51,58)(H,52,53)(H2,45,50,60)/t31-,32-,33-,34-/m0/s1. The second-order valence-electron chi connectivity index (χ2n) is 15.0. The molecule has 0 unspecified atom stereocenters. The number of aliphatic carboxylic acids is 1. The number of rotatable bonds is 20. The van der Waals surface area contributed by atoms with E-state index in [1.807, 2.05) is 24.3 Å². The van der Waals surface area contributed by atoms with Gasteiger partial charge in [-0.3, -0.25) is 24.0 Å². The van der Waals surface area contributed by atoms with Gasteiger partial charge in [-0.15, -0.1) is 0 Å². The Morgan fingerprint density at radius 2 is 1.40 bits per heavy atom. The highest BCUT2D eigenvalue weighted by Gasteiger charge is 2.33. The minimum atomic E-state index is -1.66. The van der Waals surface area contributed by atoms with Crippen molar-refractivity contribution in [2.24, 2.45) is 5.73 Å². The van der Waals surface area contributed by atoms with Gasteiger partial charge in [0, 0.05) is 36.5 Å². The van der Waals surface area contributed by atoms with Gasteiger partial charge >= 0.3 is 12.1 Å². The summed E-state index contributed by atoms with van der Waals surface area (Å²) >= 11 is 11.6. The Labute approximate surface area is 358 Å². The number of anilines is 1. The number of carboxylic acids is 1. The first-order chi connectivity index (χ1) is 28.5. The van der Waals surface area contributed by atoms with Crippen molar-refractivity contribution in [2.45, 2.75) is 89.1 Å². The van der Waals surface area contributed by atoms with Crippen LogP contribution in [0.15, 0.2) is 85.1 Å². The number of aromatic nitrogens is 1. The number of para-hydroxylation sites is 2. The number of aromatic amines is 1. The van der Waals surface area contributed by atoms with Crippen LogP contribution in [0.25, 0.3) is 10.9 Å². The third-order valence-electron chi connectivity index (χ3n) is 9.02. The topological polar surface area (TPSA) is 246 Å². The number of hydrogen-bond acceptors (Lipinski definition) is 8. The van der Waals surface area contributed by atoms with E-state index in [1.165, 1.54) is 0 Å². The quantitative estimate of drug-likeness (QED) is 0.0453. The molecule has 0 aliphatic heterocycles. The Balaban J connectivity index is 1.54. The van der Waals surface area contributed by atoms with Crippen molar-refractivity contribution in [1.29, 1.82) is 0 Å². The lowest BCUT2D eigenvalue weighted by molar-refractivity contribution is -0.141. The number of carbonyl (C=O) groups excluding carboxylic acids is 5. The summed E-state index contributed by atoms with van der Waals surface area (Å²) in [6.07, 6.45) is 0.838. The largest absolute Gasteiger partial charge is 0.481 e. The van der Waals surface area contributed by atoms with Gasteiger partial charge in [0.2, 0.25) is 23.6 Å². The molecule has 0 fully saturated rings. The van der Waals surface area contributed by atoms with Crippen LogP contribution in [0.5, 0.6) is 0 Å². The zero-order chi connectivity index (χ0) is 43.8. The minimum absolute atomic E-state index is 0.00316. The highest BCUT2D eigenvalue weighted by atomic mass is 35.5. The van der Waals surface area contributed by atoms with Gasteiger partial charge in [-0.2, -0.15) is 0 Å². The number of primary amides is 1. The second-order valence-corrected chi connectivity index (χ2v) is 15.8. The summed E-state index contributed by atoms with van der Waals surface area (Å²) in [5, 5.41) is 27.7. The molecule has 0 radical (unpaired) electrons. The number of carbonyl (C=O) groups is 6. The number of fused-ring (bicyclic) bond motifs is 1. The van der Waals surface area contributed by atoms with Gasteiger partial charge in [-0.1, -0.05) is 72.3 Å². The van der Waals surface area contributed by atoms with Gasteiger partial charge in [-0.25, -0.2) is 4.79 Å². The SMILES string of the molecule is CC(C)(C)OC(=O)N[C@@H](Cc1c[nH]c2ccccc12)C(=O)N[C@@H](CCCCNC(=S)Nc1ccccc1Cl)C(=O)N[C@@H](CC(=O)O)C(=O)N[C@@H](Cc1ccccc1)C(N)=O. The summed E-state index contributed by atoms with van der Waals surface area (Å²) in [4.78, 5) is 82.2. The third kappa shape index (κ3) is 15.2. The maximum atomic E-state index is 14.1. The lowest BCUT2D eigenvalue weighted by Crippen LogP contribution is -2.59. The molecule has 0 aliphatic rings. The highest BCUT2D eigenvalue weighted by Crippen LogP contribution is 2.21. The van der Waals surface area contributed by atoms with Crippen LogP contribution >= 0.6 is 23.8 Å². The molecule has 0 bridgehead atoms. The molecule has 0 saturated carbocycles. The molecule has 0 spiro atoms. The Hall–Kier alpha value is -6.20. The number of thiocarbonyl (C=S) groups is 1. The van der Waals surface area contributed by atoms with Crippen LogP contribution in [0, 0.1) is 0 Å². The van der Waals surface area contributed by atoms with Crippen LogP contribution < -0.4 is 37.6 Å². The van der Waals surface area contributed by atoms with Crippen LogP contribution in [0.3, 0.4) is 0 Å². The molecular formula is C42H51ClN8O8S. The van der Waals surface area contributed by atoms with Crippen molar-refractivity contribution in [3.63, 3.8) is 0 Å². The lowest BCUT2D eigenvalue weighted by atomic mass is 10.0. The highest BCUT2D eigenvalue weighted by molar-refractivity contribution is 7.80. The van der Waals surface area contributed by atoms with Gasteiger partial charge in [0.1, 0.15) is 29.8 Å². The summed E-state index contributed by atoms with van der Waals surface area (Å²) in [5.74, 6) is -4.88. The van der Waals surface area contributed by atoms with E-state index in [-0.39, 0.29) is 19.3 Å². The number of halogens is 1. The summed E-state index contributed by atoms with van der Waals surface area (Å²) in [6.45, 7) is 5.38. The summed E-state index contributed by atoms with van der Waals surface area (Å²) in [6, 6.07) is 17.7. The Morgan fingerprint density at radius 1 is 0.783 bits per heavy atom. The number of nitrogens with two attached hydrogens (primary N) is 1. The molecule has 10 N–H and O–H groups in total. The Bertz CT molecular complexity index is 2140. The van der Waals surface area contributed by atoms with E-state index in [9.17, 15) is 33.9 Å². The average Bonchev–Trinajstić information content (AvgIpc) is 3.59. The van der Waals surface area contributed by atoms with Crippen LogP contribution in [0.2, 0.25) is 5.02 Å². The van der Waals surface area contributed by atoms with E-state index in [1.54, 1.807) is 81.6 Å². The van der Waals surface area contributed by atoms with Crippen LogP contribution in [0.4, 0.5) is 10.5 Å². The van der Waals surface area contributed by atoms with Crippen molar-refractivity contribution in [3.8, 4) is 0 Å². The molecule has 16 nitrogen and oxygen atoms in total. The molecule has 0 aliphatic carbocycles. The van der Waals surface area contributed by atoms with Crippen LogP contribution in [0.1, 0.15) is 57.6 Å². The number of nitrogens with one attached hydrogen (secondary N) is 7. The number of H-pyrrole nitrogens is 1. The number of amides is 5. The van der Waals surface area contributed by atoms with E-state index < -0.39 is 71.9 Å². The first-order valence-corrected chi connectivity index (χ1v) is 20.1. The third-order valence-corrected chi connectivity index (χ3v) is 9.60. The number of benzene rings is 3. The van der Waals surface area contributed by atoms with E-state index in [2.05, 4.69) is 36.9 Å². The molecule has 3 aromatic carbocycles. The zero-order valence-electron chi connectivity index (χ0n) is 33.5. The summed E-state index contributed by atoms with van der Waals surface area (Å²) < 4.78 is 5.45. The van der Waals surface area contributed by atoms with Crippen molar-refractivity contribution in [3.05, 3.63) is 101 Å². The van der Waals surface area contributed by atoms with Crippen molar-refractivity contribution >= 4 is 81.2 Å². The summed E-state index contributed by atoms with van der Waals surface area (Å²) in [7, 11) is 0. The Kier molecular flexibility index (Phi) is 17.2. The van der Waals surface area contributed by atoms with Crippen LogP contribution in [-0.4, -0.2) is 87.2 Å². The molecule has 0 saturated heterocycles. The van der Waals surface area contributed by atoms with Crippen LogP contribution in [-0.2, 0) is 41.6 Å². The van der Waals surface area contributed by atoms with E-state index in [0.717, 1.165) is 10.9 Å². The molecule has 5 amide bonds. The van der Waals surface area contributed by atoms with E-state index in [4.69, 9.17) is 34.3 Å². The fraction of sp³-hybridized carbons (Fsp3) is 0.357. The molecule has 18 heteroatoms. The molecular weight excluding hydrogens is 812 g/mol. The monoisotopic (exact) mass is 862 g/mol. The predicted molar refractivity (Wildman–Crippen MR) is 232 cm³/mol. The lowest BCUT2D eigenvalue weighted by Gasteiger charge is -2.27. The normalized spacial score (nSPS) is 13.1. The summed E-state index contributed by atoms with van der Waals surface area (Å²) in [5.41, 5.74) is 7.50. The van der Waals surface area contributed by atoms with Gasteiger partial charge in [0.15, 0.2) is 5.11 Å². The first kappa shape index (κ1) is 46.5. The predicted octanol–water partition coefficient (Wildman–Crippen LogP) is 4.07. The smallest absolute Gasteiger partial charge is 0.408 e. The van der Waals surface area contributed by atoms with Gasteiger partial charge in [0.05, 0.1) is 17.1 Å². The molecule has 4 atom stereocenters. The van der Waals surface area contributed by atoms with E-state index in [0.29, 0.717) is 46.3 Å². The fourth-order valence-electron chi connectivity index (χ4n) is 6.13. The molecule has 4 rings (SSSR count). The number of hydrogen-bond donors (Lipinski definition) is 9. The number of ether oxygens (including phenoxy) is 1. The van der Waals surface area contributed by atoms with Gasteiger partial charge in [0.25, 0.3) is 0 Å². The van der Waals surface area contributed by atoms with Gasteiger partial charge < -0.3 is 52.5 Å². The second kappa shape index (κ2) is 22.2. The maximum Gasteiger partial charge on any atom is 0.408 e. The van der Waals surface area contributed by atoms with Crippen molar-refractivity contribution in [1.82, 2.24) is 31.6 Å². The molecule has 60 heavy (non-hydrogen) atoms. The van der Waals surface area contributed by atoms with Crippen molar-refractivity contribution < 1.29 is 38.6 Å². The molecule has 1 aromatic heterocycles. The number of carboxylic acid groups (broad SMARTS) is 1. The molecule has 1 heterocycles. The fourth-order valence-corrected chi connectivity index (χ4v) is 6.52. The maximum absolute atomic E-state index is 14.1. The number of unbranched alkanes of at least 4 members (excludes halogenated alkanes) is 1. The molecule has 4 aromatic rings. The Morgan fingerprint density at radius 3 is 2.08 bits per heavy atom. The average molecular weight is 863 g/mol. The molecule has 320 valence electrons. The first-order valence-electron chi connectivity index (χ1n) is 19.3.